The summed E-state index contributed by atoms with van der Waals surface area (Å²) >= 11 is 6.04. The Morgan fingerprint density at radius 1 is 1.47 bits per heavy atom. The summed E-state index contributed by atoms with van der Waals surface area (Å²) in [4.78, 5) is 12.2. The van der Waals surface area contributed by atoms with Crippen LogP contribution in [0.25, 0.3) is 0 Å². The first-order valence-electron chi connectivity index (χ1n) is 6.81. The molecule has 0 spiro atoms. The van der Waals surface area contributed by atoms with Crippen molar-refractivity contribution in [3.8, 4) is 0 Å². The Kier molecular flexibility index (Phi) is 4.82. The zero-order chi connectivity index (χ0) is 13.8. The van der Waals surface area contributed by atoms with Crippen LogP contribution in [0.2, 0.25) is 5.02 Å². The van der Waals surface area contributed by atoms with Crippen molar-refractivity contribution in [2.75, 3.05) is 18.4 Å². The number of nitrogens with zero attached hydrogens (tertiary/aromatic N) is 2. The fourth-order valence-electron chi connectivity index (χ4n) is 1.85. The molecule has 1 aliphatic rings. The van der Waals surface area contributed by atoms with Gasteiger partial charge in [-0.05, 0) is 18.8 Å². The van der Waals surface area contributed by atoms with E-state index in [9.17, 15) is 4.79 Å². The van der Waals surface area contributed by atoms with Crippen molar-refractivity contribution in [1.29, 1.82) is 0 Å². The highest BCUT2D eigenvalue weighted by Gasteiger charge is 2.23. The molecule has 0 unspecified atom stereocenters. The fourth-order valence-corrected chi connectivity index (χ4v) is 2.04. The van der Waals surface area contributed by atoms with Gasteiger partial charge in [0.2, 0.25) is 0 Å². The minimum atomic E-state index is -0.121. The highest BCUT2D eigenvalue weighted by molar-refractivity contribution is 6.32. The van der Waals surface area contributed by atoms with Gasteiger partial charge in [0.25, 0.3) is 5.56 Å². The second-order valence-corrected chi connectivity index (χ2v) is 5.74. The minimum absolute atomic E-state index is 0.121. The summed E-state index contributed by atoms with van der Waals surface area (Å²) in [7, 11) is 0. The first kappa shape index (κ1) is 14.3. The highest BCUT2D eigenvalue weighted by Crippen LogP contribution is 2.30. The van der Waals surface area contributed by atoms with E-state index in [4.69, 9.17) is 11.6 Å². The zero-order valence-electron chi connectivity index (χ0n) is 11.4. The lowest BCUT2D eigenvalue weighted by Crippen LogP contribution is -2.31. The van der Waals surface area contributed by atoms with Crippen LogP contribution in [0.15, 0.2) is 11.0 Å². The van der Waals surface area contributed by atoms with Gasteiger partial charge in [-0.1, -0.05) is 25.4 Å². The van der Waals surface area contributed by atoms with Gasteiger partial charge < -0.3 is 10.6 Å². The molecule has 2 rings (SSSR count). The lowest BCUT2D eigenvalue weighted by atomic mass is 10.4. The number of aromatic nitrogens is 2. The number of hydrogen-bond donors (Lipinski definition) is 2. The van der Waals surface area contributed by atoms with Crippen molar-refractivity contribution in [2.24, 2.45) is 5.92 Å². The Morgan fingerprint density at radius 2 is 2.21 bits per heavy atom. The van der Waals surface area contributed by atoms with Crippen LogP contribution in [0.4, 0.5) is 5.69 Å². The second-order valence-electron chi connectivity index (χ2n) is 5.33. The molecule has 0 atom stereocenters. The molecule has 1 saturated carbocycles. The van der Waals surface area contributed by atoms with E-state index in [0.29, 0.717) is 35.8 Å². The van der Waals surface area contributed by atoms with Gasteiger partial charge in [-0.3, -0.25) is 4.79 Å². The molecule has 0 radical (unpaired) electrons. The Labute approximate surface area is 118 Å². The summed E-state index contributed by atoms with van der Waals surface area (Å²) in [6.45, 7) is 6.33. The van der Waals surface area contributed by atoms with Gasteiger partial charge in [0, 0.05) is 25.7 Å². The van der Waals surface area contributed by atoms with Crippen molar-refractivity contribution >= 4 is 17.3 Å². The third kappa shape index (κ3) is 4.21. The van der Waals surface area contributed by atoms with E-state index in [1.54, 1.807) is 6.20 Å². The third-order valence-corrected chi connectivity index (χ3v) is 3.39. The molecule has 0 aliphatic heterocycles. The predicted molar refractivity (Wildman–Crippen MR) is 77.9 cm³/mol. The molecule has 19 heavy (non-hydrogen) atoms. The monoisotopic (exact) mass is 284 g/mol. The van der Waals surface area contributed by atoms with Crippen molar-refractivity contribution in [2.45, 2.75) is 39.3 Å². The Bertz CT molecular complexity index is 482. The molecule has 5 nitrogen and oxygen atoms in total. The van der Waals surface area contributed by atoms with Crippen LogP contribution < -0.4 is 16.2 Å². The molecule has 1 aliphatic carbocycles. The zero-order valence-corrected chi connectivity index (χ0v) is 12.2. The molecular formula is C13H21ClN4O. The van der Waals surface area contributed by atoms with E-state index in [2.05, 4.69) is 29.6 Å². The average Bonchev–Trinajstić information content (AvgIpc) is 3.15. The summed E-state index contributed by atoms with van der Waals surface area (Å²) in [5.74, 6) is 0.613. The molecule has 106 valence electrons. The average molecular weight is 285 g/mol. The first-order chi connectivity index (χ1) is 9.08. The SMILES string of the molecule is CC(C)NCCNc1c(Cl)cnn(CC2CC2)c1=O. The maximum atomic E-state index is 12.2. The van der Waals surface area contributed by atoms with Gasteiger partial charge in [-0.15, -0.1) is 0 Å². The van der Waals surface area contributed by atoms with Crippen molar-refractivity contribution < 1.29 is 0 Å². The molecule has 1 aromatic heterocycles. The number of nitrogens with one attached hydrogen (secondary N) is 2. The lowest BCUT2D eigenvalue weighted by Gasteiger charge is -2.12. The smallest absolute Gasteiger partial charge is 0.291 e. The predicted octanol–water partition coefficient (Wildman–Crippen LogP) is 1.72. The molecule has 2 N–H and O–H groups in total. The van der Waals surface area contributed by atoms with Crippen LogP contribution in [0, 0.1) is 5.92 Å². The van der Waals surface area contributed by atoms with Crippen LogP contribution in [0.3, 0.4) is 0 Å². The van der Waals surface area contributed by atoms with Gasteiger partial charge in [-0.25, -0.2) is 4.68 Å². The number of rotatable bonds is 7. The lowest BCUT2D eigenvalue weighted by molar-refractivity contribution is 0.534. The van der Waals surface area contributed by atoms with E-state index in [1.807, 2.05) is 0 Å². The van der Waals surface area contributed by atoms with E-state index < -0.39 is 0 Å². The van der Waals surface area contributed by atoms with Crippen LogP contribution in [-0.4, -0.2) is 28.9 Å². The van der Waals surface area contributed by atoms with Gasteiger partial charge in [0.1, 0.15) is 5.69 Å². The van der Waals surface area contributed by atoms with Gasteiger partial charge in [0.05, 0.1) is 11.2 Å². The summed E-state index contributed by atoms with van der Waals surface area (Å²) < 4.78 is 1.52. The summed E-state index contributed by atoms with van der Waals surface area (Å²) in [5, 5.41) is 10.9. The minimum Gasteiger partial charge on any atom is -0.378 e. The molecule has 0 bridgehead atoms. The Hall–Kier alpha value is -1.07. The first-order valence-corrected chi connectivity index (χ1v) is 7.18. The highest BCUT2D eigenvalue weighted by atomic mass is 35.5. The van der Waals surface area contributed by atoms with E-state index in [-0.39, 0.29) is 5.56 Å². The molecule has 1 heterocycles. The molecule has 6 heteroatoms. The van der Waals surface area contributed by atoms with Crippen LogP contribution in [0.5, 0.6) is 0 Å². The van der Waals surface area contributed by atoms with Crippen LogP contribution >= 0.6 is 11.6 Å². The number of halogens is 1. The summed E-state index contributed by atoms with van der Waals surface area (Å²) in [6, 6.07) is 0.432. The summed E-state index contributed by atoms with van der Waals surface area (Å²) in [5.41, 5.74) is 0.340. The largest absolute Gasteiger partial charge is 0.378 e. The maximum Gasteiger partial charge on any atom is 0.291 e. The summed E-state index contributed by atoms with van der Waals surface area (Å²) in [6.07, 6.45) is 3.93. The van der Waals surface area contributed by atoms with Gasteiger partial charge in [0.15, 0.2) is 0 Å². The Balaban J connectivity index is 1.99. The third-order valence-electron chi connectivity index (χ3n) is 3.11. The van der Waals surface area contributed by atoms with Crippen molar-refractivity contribution in [1.82, 2.24) is 15.1 Å². The number of hydrogen-bond acceptors (Lipinski definition) is 4. The van der Waals surface area contributed by atoms with Crippen molar-refractivity contribution in [3.05, 3.63) is 21.6 Å². The van der Waals surface area contributed by atoms with E-state index >= 15 is 0 Å². The topological polar surface area (TPSA) is 59.0 Å². The molecular weight excluding hydrogens is 264 g/mol. The quantitative estimate of drug-likeness (QED) is 0.749. The maximum absolute atomic E-state index is 12.2. The fraction of sp³-hybridized carbons (Fsp3) is 0.692. The van der Waals surface area contributed by atoms with Gasteiger partial charge in [-0.2, -0.15) is 5.10 Å². The number of anilines is 1. The molecule has 0 aromatic carbocycles. The van der Waals surface area contributed by atoms with E-state index in [0.717, 1.165) is 6.54 Å². The second kappa shape index (κ2) is 6.39. The molecule has 1 aromatic rings. The molecule has 0 amide bonds. The van der Waals surface area contributed by atoms with Gasteiger partial charge >= 0.3 is 0 Å². The molecule has 1 fully saturated rings. The van der Waals surface area contributed by atoms with Crippen LogP contribution in [0.1, 0.15) is 26.7 Å². The normalized spacial score (nSPS) is 14.9. The Morgan fingerprint density at radius 3 is 2.84 bits per heavy atom. The van der Waals surface area contributed by atoms with Crippen molar-refractivity contribution in [3.63, 3.8) is 0 Å². The molecule has 0 saturated heterocycles. The van der Waals surface area contributed by atoms with E-state index in [1.165, 1.54) is 17.5 Å². The standard InChI is InChI=1S/C13H21ClN4O/c1-9(2)15-5-6-16-12-11(14)7-17-18(13(12)19)8-10-3-4-10/h7,9-10,15-16H,3-6,8H2,1-2H3. The van der Waals surface area contributed by atoms with Crippen LogP contribution in [-0.2, 0) is 6.54 Å².